The highest BCUT2D eigenvalue weighted by molar-refractivity contribution is 6.35. The molecule has 1 aliphatic carbocycles. The van der Waals surface area contributed by atoms with E-state index < -0.39 is 0 Å². The molecular weight excluding hydrogens is 446 g/mol. The molecule has 0 bridgehead atoms. The number of Topliss-reactive ketones (excluding diaryl/α,β-unsaturated/α-hetero) is 1. The molecule has 1 N–H and O–H groups in total. The molecule has 1 aliphatic rings. The molecule has 186 valence electrons. The Labute approximate surface area is 214 Å². The Morgan fingerprint density at radius 3 is 2.31 bits per heavy atom. The number of hydrogen-bond acceptors (Lipinski definition) is 4. The van der Waals surface area contributed by atoms with E-state index in [9.17, 15) is 4.79 Å². The molecule has 0 spiro atoms. The van der Waals surface area contributed by atoms with Crippen LogP contribution >= 0.6 is 0 Å². The van der Waals surface area contributed by atoms with Crippen LogP contribution < -0.4 is 9.47 Å². The van der Waals surface area contributed by atoms with Crippen molar-refractivity contribution in [3.8, 4) is 11.5 Å². The second-order valence-electron chi connectivity index (χ2n) is 9.25. The first-order valence-corrected chi connectivity index (χ1v) is 12.9. The molecule has 3 aromatic carbocycles. The minimum Gasteiger partial charge on any atom is -0.497 e. The summed E-state index contributed by atoms with van der Waals surface area (Å²) in [4.78, 5) is 13.9. The van der Waals surface area contributed by atoms with Crippen molar-refractivity contribution in [2.24, 2.45) is 0 Å². The predicted octanol–water partition coefficient (Wildman–Crippen LogP) is 7.80. The molecular formula is C32H35NO3. The number of fused-ring (bicyclic) bond motifs is 1. The number of ether oxygens (including phenoxy) is 2. The molecule has 0 unspecified atom stereocenters. The molecule has 4 nitrogen and oxygen atoms in total. The van der Waals surface area contributed by atoms with E-state index >= 15 is 0 Å². The largest absolute Gasteiger partial charge is 0.497 e. The van der Waals surface area contributed by atoms with Gasteiger partial charge in [0.15, 0.2) is 5.78 Å². The van der Waals surface area contributed by atoms with Gasteiger partial charge in [0.25, 0.3) is 0 Å². The van der Waals surface area contributed by atoms with E-state index in [-0.39, 0.29) is 5.78 Å². The lowest BCUT2D eigenvalue weighted by atomic mass is 9.79. The van der Waals surface area contributed by atoms with Gasteiger partial charge in [-0.1, -0.05) is 56.2 Å². The van der Waals surface area contributed by atoms with Gasteiger partial charge in [-0.3, -0.25) is 4.79 Å². The molecule has 4 heteroatoms. The van der Waals surface area contributed by atoms with E-state index in [1.165, 1.54) is 18.4 Å². The van der Waals surface area contributed by atoms with Crippen molar-refractivity contribution in [2.75, 3.05) is 13.7 Å². The molecule has 36 heavy (non-hydrogen) atoms. The van der Waals surface area contributed by atoms with Crippen LogP contribution in [-0.2, 0) is 6.42 Å². The van der Waals surface area contributed by atoms with E-state index in [1.807, 2.05) is 60.7 Å². The van der Waals surface area contributed by atoms with Crippen molar-refractivity contribution in [1.82, 2.24) is 0 Å². The summed E-state index contributed by atoms with van der Waals surface area (Å²) in [5.74, 6) is 1.55. The van der Waals surface area contributed by atoms with E-state index in [0.717, 1.165) is 65.2 Å². The second-order valence-corrected chi connectivity index (χ2v) is 9.25. The van der Waals surface area contributed by atoms with Crippen LogP contribution in [0.3, 0.4) is 0 Å². The number of carbonyl (C=O) groups is 1. The minimum absolute atomic E-state index is 0.0252. The fourth-order valence-electron chi connectivity index (χ4n) is 4.72. The molecule has 3 aromatic rings. The maximum absolute atomic E-state index is 13.9. The van der Waals surface area contributed by atoms with Crippen LogP contribution in [0.1, 0.15) is 72.5 Å². The third-order valence-corrected chi connectivity index (χ3v) is 6.77. The number of ketones is 1. The summed E-state index contributed by atoms with van der Waals surface area (Å²) in [5.41, 5.74) is 6.51. The smallest absolute Gasteiger partial charge is 0.193 e. The molecule has 0 saturated carbocycles. The Morgan fingerprint density at radius 1 is 0.861 bits per heavy atom. The average molecular weight is 482 g/mol. The highest BCUT2D eigenvalue weighted by Crippen LogP contribution is 2.39. The van der Waals surface area contributed by atoms with Gasteiger partial charge in [-0.15, -0.1) is 0 Å². The number of carbonyl (C=O) groups excluding carboxylic acids is 1. The van der Waals surface area contributed by atoms with E-state index in [4.69, 9.17) is 14.9 Å². The highest BCUT2D eigenvalue weighted by Gasteiger charge is 2.26. The number of benzene rings is 3. The van der Waals surface area contributed by atoms with E-state index in [2.05, 4.69) is 19.1 Å². The summed E-state index contributed by atoms with van der Waals surface area (Å²) in [6.45, 7) is 2.66. The summed E-state index contributed by atoms with van der Waals surface area (Å²) < 4.78 is 11.2. The second kappa shape index (κ2) is 12.3. The van der Waals surface area contributed by atoms with Gasteiger partial charge in [-0.05, 0) is 84.3 Å². The predicted molar refractivity (Wildman–Crippen MR) is 147 cm³/mol. The van der Waals surface area contributed by atoms with Crippen molar-refractivity contribution in [2.45, 2.75) is 51.9 Å². The maximum atomic E-state index is 13.9. The monoisotopic (exact) mass is 481 g/mol. The average Bonchev–Trinajstić information content (AvgIpc) is 2.92. The summed E-state index contributed by atoms with van der Waals surface area (Å²) in [5, 5.41) is 8.07. The lowest BCUT2D eigenvalue weighted by Crippen LogP contribution is -2.12. The zero-order chi connectivity index (χ0) is 25.3. The normalized spacial score (nSPS) is 12.7. The topological polar surface area (TPSA) is 59.4 Å². The fraction of sp³-hybridized carbons (Fsp3) is 0.312. The van der Waals surface area contributed by atoms with Gasteiger partial charge >= 0.3 is 0 Å². The zero-order valence-corrected chi connectivity index (χ0v) is 21.3. The zero-order valence-electron chi connectivity index (χ0n) is 21.3. The number of rotatable bonds is 12. The Hall–Kier alpha value is -3.66. The van der Waals surface area contributed by atoms with Crippen molar-refractivity contribution in [3.05, 3.63) is 95.1 Å². The van der Waals surface area contributed by atoms with Crippen LogP contribution in [0.2, 0.25) is 0 Å². The molecule has 4 rings (SSSR count). The molecule has 0 fully saturated rings. The van der Waals surface area contributed by atoms with Crippen molar-refractivity contribution < 1.29 is 14.3 Å². The summed E-state index contributed by atoms with van der Waals surface area (Å²) in [7, 11) is 1.66. The van der Waals surface area contributed by atoms with Gasteiger partial charge in [0, 0.05) is 23.3 Å². The van der Waals surface area contributed by atoms with Crippen molar-refractivity contribution in [1.29, 1.82) is 5.41 Å². The van der Waals surface area contributed by atoms with E-state index in [0.29, 0.717) is 18.6 Å². The maximum Gasteiger partial charge on any atom is 0.193 e. The van der Waals surface area contributed by atoms with Crippen LogP contribution in [0.25, 0.3) is 11.1 Å². The van der Waals surface area contributed by atoms with Crippen LogP contribution in [0.15, 0.2) is 72.8 Å². The third kappa shape index (κ3) is 6.12. The quantitative estimate of drug-likeness (QED) is 0.163. The number of hydrogen-bond donors (Lipinski definition) is 1. The van der Waals surface area contributed by atoms with Gasteiger partial charge in [-0.25, -0.2) is 0 Å². The van der Waals surface area contributed by atoms with Crippen LogP contribution in [0.4, 0.5) is 0 Å². The molecule has 0 saturated heterocycles. The first kappa shape index (κ1) is 25.4. The fourth-order valence-corrected chi connectivity index (χ4v) is 4.72. The lowest BCUT2D eigenvalue weighted by Gasteiger charge is -2.23. The number of aryl methyl sites for hydroxylation is 1. The molecule has 0 aliphatic heterocycles. The van der Waals surface area contributed by atoms with Gasteiger partial charge in [-0.2, -0.15) is 0 Å². The molecule has 0 atom stereocenters. The SMILES string of the molecule is CCCCCC(=N)CCOc1ccc(C(=O)C2=C(c3ccc(OC)cc3)CCc3ccccc32)cc1. The van der Waals surface area contributed by atoms with Crippen LogP contribution in [0.5, 0.6) is 11.5 Å². The van der Waals surface area contributed by atoms with Crippen LogP contribution in [-0.4, -0.2) is 25.2 Å². The Kier molecular flexibility index (Phi) is 8.72. The molecule has 0 aromatic heterocycles. The van der Waals surface area contributed by atoms with Gasteiger partial charge < -0.3 is 14.9 Å². The molecule has 0 radical (unpaired) electrons. The summed E-state index contributed by atoms with van der Waals surface area (Å²) >= 11 is 0. The van der Waals surface area contributed by atoms with E-state index in [1.54, 1.807) is 7.11 Å². The first-order valence-electron chi connectivity index (χ1n) is 12.9. The Morgan fingerprint density at radius 2 is 1.58 bits per heavy atom. The number of nitrogens with one attached hydrogen (secondary N) is 1. The Balaban J connectivity index is 1.53. The lowest BCUT2D eigenvalue weighted by molar-refractivity contribution is 0.105. The van der Waals surface area contributed by atoms with Gasteiger partial charge in [0.05, 0.1) is 13.7 Å². The standard InChI is InChI=1S/C32H35NO3/c1-3-4-5-9-26(33)21-22-36-28-18-13-25(14-19-28)32(34)31-29-10-7-6-8-23(29)15-20-30(31)24-11-16-27(35-2)17-12-24/h6-8,10-14,16-19,33H,3-5,9,15,20-22H2,1-2H3. The Bertz CT molecular complexity index is 1220. The molecule has 0 amide bonds. The summed E-state index contributed by atoms with van der Waals surface area (Å²) in [6.07, 6.45) is 6.61. The number of allylic oxidation sites excluding steroid dienone is 2. The van der Waals surface area contributed by atoms with Crippen molar-refractivity contribution >= 4 is 22.6 Å². The van der Waals surface area contributed by atoms with Crippen molar-refractivity contribution in [3.63, 3.8) is 0 Å². The first-order chi connectivity index (χ1) is 17.6. The molecule has 0 heterocycles. The summed E-state index contributed by atoms with van der Waals surface area (Å²) in [6, 6.07) is 23.6. The minimum atomic E-state index is 0.0252. The number of unbranched alkanes of at least 4 members (excludes halogenated alkanes) is 2. The van der Waals surface area contributed by atoms with Gasteiger partial charge in [0.2, 0.25) is 0 Å². The van der Waals surface area contributed by atoms with Gasteiger partial charge in [0.1, 0.15) is 11.5 Å². The third-order valence-electron chi connectivity index (χ3n) is 6.77. The number of methoxy groups -OCH3 is 1. The highest BCUT2D eigenvalue weighted by atomic mass is 16.5. The van der Waals surface area contributed by atoms with Crippen LogP contribution in [0, 0.1) is 5.41 Å².